The number of benzene rings is 1. The van der Waals surface area contributed by atoms with Gasteiger partial charge in [0.15, 0.2) is 0 Å². The summed E-state index contributed by atoms with van der Waals surface area (Å²) in [5, 5.41) is 8.12. The molecule has 4 rings (SSSR count). The zero-order valence-corrected chi connectivity index (χ0v) is 12.9. The summed E-state index contributed by atoms with van der Waals surface area (Å²) >= 11 is 0. The summed E-state index contributed by atoms with van der Waals surface area (Å²) in [5.74, 6) is 1.80. The maximum absolute atomic E-state index is 12.7. The van der Waals surface area contributed by atoms with Gasteiger partial charge in [-0.05, 0) is 49.1 Å². The molecule has 0 spiro atoms. The average molecular weight is 297 g/mol. The Bertz CT molecular complexity index is 670. The van der Waals surface area contributed by atoms with Crippen LogP contribution in [0.2, 0.25) is 0 Å². The van der Waals surface area contributed by atoms with E-state index in [0.29, 0.717) is 6.42 Å². The van der Waals surface area contributed by atoms with Crippen LogP contribution in [0.15, 0.2) is 24.4 Å². The van der Waals surface area contributed by atoms with Gasteiger partial charge in [-0.15, -0.1) is 0 Å². The zero-order valence-electron chi connectivity index (χ0n) is 12.9. The molecule has 116 valence electrons. The Hall–Kier alpha value is -1.84. The van der Waals surface area contributed by atoms with Gasteiger partial charge in [0.2, 0.25) is 5.91 Å². The van der Waals surface area contributed by atoms with Crippen LogP contribution < -0.4 is 0 Å². The van der Waals surface area contributed by atoms with Crippen molar-refractivity contribution in [3.8, 4) is 0 Å². The standard InChI is InChI=1S/C18H23N3O/c22-18(9-15-6-7-16-10-19-20-17(16)8-15)21(12-14-4-5-14)11-13-2-1-3-13/h6-8,10,13-14H,1-5,9,11-12H2,(H,19,20). The number of carbonyl (C=O) groups excluding carboxylic acids is 1. The molecule has 2 saturated carbocycles. The number of H-pyrrole nitrogens is 1. The summed E-state index contributed by atoms with van der Waals surface area (Å²) in [4.78, 5) is 14.9. The van der Waals surface area contributed by atoms with Crippen molar-refractivity contribution < 1.29 is 4.79 Å². The van der Waals surface area contributed by atoms with E-state index in [1.54, 1.807) is 0 Å². The van der Waals surface area contributed by atoms with Crippen LogP contribution in [-0.4, -0.2) is 34.1 Å². The Kier molecular flexibility index (Phi) is 3.60. The van der Waals surface area contributed by atoms with Crippen molar-refractivity contribution in [2.45, 2.75) is 38.5 Å². The Morgan fingerprint density at radius 1 is 1.18 bits per heavy atom. The fraction of sp³-hybridized carbons (Fsp3) is 0.556. The van der Waals surface area contributed by atoms with Crippen molar-refractivity contribution >= 4 is 16.8 Å². The molecule has 1 aromatic heterocycles. The van der Waals surface area contributed by atoms with Gasteiger partial charge >= 0.3 is 0 Å². The van der Waals surface area contributed by atoms with Crippen LogP contribution in [-0.2, 0) is 11.2 Å². The number of carbonyl (C=O) groups is 1. The lowest BCUT2D eigenvalue weighted by Gasteiger charge is -2.32. The first-order valence-corrected chi connectivity index (χ1v) is 8.48. The number of fused-ring (bicyclic) bond motifs is 1. The quantitative estimate of drug-likeness (QED) is 0.890. The number of hydrogen-bond donors (Lipinski definition) is 1. The molecule has 0 unspecified atom stereocenters. The van der Waals surface area contributed by atoms with Gasteiger partial charge in [-0.2, -0.15) is 5.10 Å². The molecule has 4 heteroatoms. The van der Waals surface area contributed by atoms with Gasteiger partial charge in [0.05, 0.1) is 18.1 Å². The van der Waals surface area contributed by atoms with Crippen molar-refractivity contribution in [3.63, 3.8) is 0 Å². The first-order valence-electron chi connectivity index (χ1n) is 8.48. The summed E-state index contributed by atoms with van der Waals surface area (Å²) in [5.41, 5.74) is 2.09. The van der Waals surface area contributed by atoms with Crippen LogP contribution in [0, 0.1) is 11.8 Å². The van der Waals surface area contributed by atoms with Crippen molar-refractivity contribution in [3.05, 3.63) is 30.0 Å². The lowest BCUT2D eigenvalue weighted by Crippen LogP contribution is -2.39. The second-order valence-electron chi connectivity index (χ2n) is 7.01. The highest BCUT2D eigenvalue weighted by Crippen LogP contribution is 2.32. The number of rotatable bonds is 6. The smallest absolute Gasteiger partial charge is 0.227 e. The first-order chi connectivity index (χ1) is 10.8. The Labute approximate surface area is 130 Å². The highest BCUT2D eigenvalue weighted by molar-refractivity contribution is 5.82. The highest BCUT2D eigenvalue weighted by atomic mass is 16.2. The van der Waals surface area contributed by atoms with Gasteiger partial charge in [-0.1, -0.05) is 18.6 Å². The molecule has 1 N–H and O–H groups in total. The highest BCUT2D eigenvalue weighted by Gasteiger charge is 2.29. The van der Waals surface area contributed by atoms with E-state index in [-0.39, 0.29) is 5.91 Å². The zero-order chi connectivity index (χ0) is 14.9. The molecule has 2 aliphatic rings. The van der Waals surface area contributed by atoms with Crippen molar-refractivity contribution in [2.24, 2.45) is 11.8 Å². The van der Waals surface area contributed by atoms with Crippen LogP contribution in [0.25, 0.3) is 10.9 Å². The molecule has 0 aliphatic heterocycles. The summed E-state index contributed by atoms with van der Waals surface area (Å²) in [6.07, 6.45) is 8.87. The van der Waals surface area contributed by atoms with E-state index in [4.69, 9.17) is 0 Å². The molecule has 2 aromatic rings. The SMILES string of the molecule is O=C(Cc1ccc2cn[nH]c2c1)N(CC1CCC1)CC1CC1. The molecule has 2 fully saturated rings. The normalized spacial score (nSPS) is 18.4. The van der Waals surface area contributed by atoms with E-state index < -0.39 is 0 Å². The molecule has 0 radical (unpaired) electrons. The topological polar surface area (TPSA) is 49.0 Å². The lowest BCUT2D eigenvalue weighted by molar-refractivity contribution is -0.131. The van der Waals surface area contributed by atoms with Crippen molar-refractivity contribution in [1.29, 1.82) is 0 Å². The van der Waals surface area contributed by atoms with E-state index in [1.165, 1.54) is 32.1 Å². The molecule has 4 nitrogen and oxygen atoms in total. The minimum absolute atomic E-state index is 0.290. The van der Waals surface area contributed by atoms with Crippen LogP contribution in [0.5, 0.6) is 0 Å². The Morgan fingerprint density at radius 3 is 2.64 bits per heavy atom. The minimum atomic E-state index is 0.290. The average Bonchev–Trinajstić information content (AvgIpc) is 3.16. The van der Waals surface area contributed by atoms with E-state index >= 15 is 0 Å². The Balaban J connectivity index is 1.44. The second-order valence-corrected chi connectivity index (χ2v) is 7.01. The molecular formula is C18H23N3O. The van der Waals surface area contributed by atoms with Crippen LogP contribution in [0.4, 0.5) is 0 Å². The monoisotopic (exact) mass is 297 g/mol. The Morgan fingerprint density at radius 2 is 1.95 bits per heavy atom. The van der Waals surface area contributed by atoms with E-state index in [0.717, 1.165) is 41.4 Å². The fourth-order valence-electron chi connectivity index (χ4n) is 3.26. The maximum atomic E-state index is 12.7. The second kappa shape index (κ2) is 5.75. The van der Waals surface area contributed by atoms with Gasteiger partial charge in [0.1, 0.15) is 0 Å². The molecule has 0 atom stereocenters. The van der Waals surface area contributed by atoms with Gasteiger partial charge in [-0.25, -0.2) is 0 Å². The van der Waals surface area contributed by atoms with E-state index in [9.17, 15) is 4.79 Å². The number of nitrogens with zero attached hydrogens (tertiary/aromatic N) is 2. The summed E-state index contributed by atoms with van der Waals surface area (Å²) in [7, 11) is 0. The van der Waals surface area contributed by atoms with E-state index in [1.807, 2.05) is 12.3 Å². The molecule has 22 heavy (non-hydrogen) atoms. The van der Waals surface area contributed by atoms with E-state index in [2.05, 4.69) is 27.2 Å². The third kappa shape index (κ3) is 3.01. The third-order valence-corrected chi connectivity index (χ3v) is 5.09. The molecule has 2 aliphatic carbocycles. The largest absolute Gasteiger partial charge is 0.342 e. The number of aromatic nitrogens is 2. The summed E-state index contributed by atoms with van der Waals surface area (Å²) in [6.45, 7) is 1.95. The number of amides is 1. The fourth-order valence-corrected chi connectivity index (χ4v) is 3.26. The molecule has 1 amide bonds. The minimum Gasteiger partial charge on any atom is -0.342 e. The predicted octanol–water partition coefficient (Wildman–Crippen LogP) is 3.14. The van der Waals surface area contributed by atoms with Crippen LogP contribution in [0.1, 0.15) is 37.7 Å². The molecule has 1 aromatic carbocycles. The number of nitrogens with one attached hydrogen (secondary N) is 1. The molecule has 0 saturated heterocycles. The lowest BCUT2D eigenvalue weighted by atomic mass is 9.85. The van der Waals surface area contributed by atoms with Crippen molar-refractivity contribution in [2.75, 3.05) is 13.1 Å². The molecular weight excluding hydrogens is 274 g/mol. The summed E-state index contributed by atoms with van der Waals surface area (Å²) in [6, 6.07) is 6.14. The number of aromatic amines is 1. The van der Waals surface area contributed by atoms with Gasteiger partial charge < -0.3 is 4.90 Å². The first kappa shape index (κ1) is 13.8. The van der Waals surface area contributed by atoms with Crippen LogP contribution >= 0.6 is 0 Å². The van der Waals surface area contributed by atoms with Gasteiger partial charge in [0.25, 0.3) is 0 Å². The van der Waals surface area contributed by atoms with Crippen LogP contribution in [0.3, 0.4) is 0 Å². The molecule has 1 heterocycles. The van der Waals surface area contributed by atoms with Crippen molar-refractivity contribution in [1.82, 2.24) is 15.1 Å². The number of hydrogen-bond acceptors (Lipinski definition) is 2. The van der Waals surface area contributed by atoms with Gasteiger partial charge in [0, 0.05) is 18.5 Å². The van der Waals surface area contributed by atoms with Gasteiger partial charge in [-0.3, -0.25) is 9.89 Å². The predicted molar refractivity (Wildman–Crippen MR) is 86.4 cm³/mol. The third-order valence-electron chi connectivity index (χ3n) is 5.09. The summed E-state index contributed by atoms with van der Waals surface area (Å²) < 4.78 is 0. The molecule has 0 bridgehead atoms. The maximum Gasteiger partial charge on any atom is 0.227 e.